The summed E-state index contributed by atoms with van der Waals surface area (Å²) in [6.07, 6.45) is -0.650. The summed E-state index contributed by atoms with van der Waals surface area (Å²) in [4.78, 5) is 8.61. The summed E-state index contributed by atoms with van der Waals surface area (Å²) in [5.74, 6) is 0. The molecule has 2 aromatic carbocycles. The lowest BCUT2D eigenvalue weighted by atomic mass is 9.87. The van der Waals surface area contributed by atoms with Gasteiger partial charge in [-0.3, -0.25) is 4.98 Å². The Morgan fingerprint density at radius 2 is 1.84 bits per heavy atom. The van der Waals surface area contributed by atoms with Crippen LogP contribution in [0.1, 0.15) is 51.3 Å². The molecule has 3 aromatic heterocycles. The molecule has 0 bridgehead atoms. The highest BCUT2D eigenvalue weighted by molar-refractivity contribution is 6.08. The minimum absolute atomic E-state index is 0.0407. The van der Waals surface area contributed by atoms with E-state index in [-0.39, 0.29) is 45.7 Å². The molecule has 0 N–H and O–H groups in total. The molecule has 32 heavy (non-hydrogen) atoms. The van der Waals surface area contributed by atoms with E-state index in [0.29, 0.717) is 27.6 Å². The number of aromatic nitrogens is 2. The Labute approximate surface area is 203 Å². The molecule has 3 nitrogen and oxygen atoms in total. The number of pyridine rings is 2. The van der Waals surface area contributed by atoms with Crippen molar-refractivity contribution in [2.45, 2.75) is 40.8 Å². The van der Waals surface area contributed by atoms with Gasteiger partial charge in [0.2, 0.25) is 5.71 Å². The summed E-state index contributed by atoms with van der Waals surface area (Å²) < 4.78 is 88.1. The molecule has 0 spiro atoms. The van der Waals surface area contributed by atoms with Crippen molar-refractivity contribution in [2.24, 2.45) is 5.41 Å². The van der Waals surface area contributed by atoms with Crippen molar-refractivity contribution in [1.82, 2.24) is 9.97 Å². The standard InChI is InChI=1S/C29H28N2O/c1-18-17-30-26(15-25(18)21-12-10-20(11-13-21)16-29(3,4)5)24-8-6-7-22-23-14-9-19(2)31-28(23)32-27(22)24/h6-15,17H,16H2,1-5H3/i1D3,2D3,12D,13D,16D2. The number of benzene rings is 2. The third kappa shape index (κ3) is 3.80. The van der Waals surface area contributed by atoms with Crippen molar-refractivity contribution in [3.8, 4) is 22.4 Å². The van der Waals surface area contributed by atoms with Crippen molar-refractivity contribution in [2.75, 3.05) is 0 Å². The average Bonchev–Trinajstić information content (AvgIpc) is 3.24. The topological polar surface area (TPSA) is 38.9 Å². The maximum Gasteiger partial charge on any atom is 0.227 e. The molecule has 0 saturated heterocycles. The zero-order valence-corrected chi connectivity index (χ0v) is 18.0. The van der Waals surface area contributed by atoms with E-state index < -0.39 is 25.5 Å². The molecular formula is C29H28N2O. The van der Waals surface area contributed by atoms with E-state index in [4.69, 9.17) is 18.1 Å². The smallest absolute Gasteiger partial charge is 0.227 e. The molecular weight excluding hydrogens is 392 g/mol. The van der Waals surface area contributed by atoms with E-state index in [0.717, 1.165) is 0 Å². The van der Waals surface area contributed by atoms with Crippen LogP contribution in [-0.4, -0.2) is 9.97 Å². The molecule has 0 atom stereocenters. The maximum atomic E-state index is 8.76. The van der Waals surface area contributed by atoms with Gasteiger partial charge in [-0.25, -0.2) is 4.98 Å². The highest BCUT2D eigenvalue weighted by Gasteiger charge is 2.16. The highest BCUT2D eigenvalue weighted by Crippen LogP contribution is 2.36. The van der Waals surface area contributed by atoms with E-state index in [2.05, 4.69) is 9.97 Å². The van der Waals surface area contributed by atoms with Crippen LogP contribution in [0.3, 0.4) is 0 Å². The Hall–Kier alpha value is -3.46. The fraction of sp³-hybridized carbons (Fsp3) is 0.241. The predicted molar refractivity (Wildman–Crippen MR) is 133 cm³/mol. The van der Waals surface area contributed by atoms with Crippen molar-refractivity contribution in [1.29, 1.82) is 0 Å². The second-order valence-electron chi connectivity index (χ2n) is 8.73. The van der Waals surface area contributed by atoms with Crippen LogP contribution in [0.2, 0.25) is 0 Å². The number of furan rings is 1. The summed E-state index contributed by atoms with van der Waals surface area (Å²) in [6.45, 7) is 0.164. The van der Waals surface area contributed by atoms with Crippen LogP contribution >= 0.6 is 0 Å². The van der Waals surface area contributed by atoms with Gasteiger partial charge >= 0.3 is 0 Å². The largest absolute Gasteiger partial charge is 0.437 e. The molecule has 160 valence electrons. The van der Waals surface area contributed by atoms with Crippen LogP contribution in [0, 0.1) is 19.1 Å². The third-order valence-corrected chi connectivity index (χ3v) is 5.08. The summed E-state index contributed by atoms with van der Waals surface area (Å²) in [5.41, 5.74) is 0.534. The first kappa shape index (κ1) is 12.0. The maximum absolute atomic E-state index is 8.76. The van der Waals surface area contributed by atoms with Crippen LogP contribution in [0.15, 0.2) is 71.2 Å². The zero-order chi connectivity index (χ0) is 31.0. The molecule has 5 aromatic rings. The lowest BCUT2D eigenvalue weighted by Crippen LogP contribution is -2.08. The van der Waals surface area contributed by atoms with Crippen LogP contribution < -0.4 is 0 Å². The van der Waals surface area contributed by atoms with Gasteiger partial charge in [-0.2, -0.15) is 0 Å². The number of hydrogen-bond donors (Lipinski definition) is 0. The number of hydrogen-bond acceptors (Lipinski definition) is 3. The number of fused-ring (bicyclic) bond motifs is 3. The summed E-state index contributed by atoms with van der Waals surface area (Å²) in [7, 11) is 0. The van der Waals surface area contributed by atoms with Crippen LogP contribution in [-0.2, 0) is 6.37 Å². The number of nitrogens with zero attached hydrogens (tertiary/aromatic N) is 2. The molecule has 0 saturated carbocycles. The molecule has 0 aliphatic rings. The first-order chi connectivity index (χ1) is 19.3. The SMILES string of the molecule is [2H]c1cc(C([2H])([2H])C(C)(C)C)cc([2H])c1-c1cc(-c2cccc3c2oc2nc(C([2H])([2H])[2H])ccc23)ncc1C([2H])([2H])[2H]. The van der Waals surface area contributed by atoms with Crippen molar-refractivity contribution in [3.63, 3.8) is 0 Å². The van der Waals surface area contributed by atoms with Gasteiger partial charge in [-0.05, 0) is 72.0 Å². The average molecular weight is 431 g/mol. The van der Waals surface area contributed by atoms with Gasteiger partial charge in [-0.1, -0.05) is 57.1 Å². The zero-order valence-electron chi connectivity index (χ0n) is 28.0. The van der Waals surface area contributed by atoms with Gasteiger partial charge in [0.25, 0.3) is 0 Å². The normalized spacial score (nSPS) is 17.8. The monoisotopic (exact) mass is 430 g/mol. The summed E-state index contributed by atoms with van der Waals surface area (Å²) >= 11 is 0. The van der Waals surface area contributed by atoms with Gasteiger partial charge in [0.1, 0.15) is 5.58 Å². The van der Waals surface area contributed by atoms with Gasteiger partial charge in [-0.15, -0.1) is 0 Å². The van der Waals surface area contributed by atoms with E-state index in [1.54, 1.807) is 45.0 Å². The Kier molecular flexibility index (Phi) is 2.84. The minimum Gasteiger partial charge on any atom is -0.437 e. The lowest BCUT2D eigenvalue weighted by Gasteiger charge is -2.18. The second kappa shape index (κ2) is 7.59. The molecule has 5 rings (SSSR count). The van der Waals surface area contributed by atoms with Crippen molar-refractivity contribution < 1.29 is 18.1 Å². The van der Waals surface area contributed by atoms with Gasteiger partial charge in [0.05, 0.1) is 8.44 Å². The third-order valence-electron chi connectivity index (χ3n) is 5.08. The molecule has 0 aliphatic heterocycles. The second-order valence-corrected chi connectivity index (χ2v) is 8.73. The molecule has 0 fully saturated rings. The van der Waals surface area contributed by atoms with Crippen LogP contribution in [0.5, 0.6) is 0 Å². The fourth-order valence-electron chi connectivity index (χ4n) is 3.73. The molecule has 0 unspecified atom stereocenters. The quantitative estimate of drug-likeness (QED) is 0.292. The summed E-state index contributed by atoms with van der Waals surface area (Å²) in [6, 6.07) is 12.2. The lowest BCUT2D eigenvalue weighted by molar-refractivity contribution is 0.411. The fourth-order valence-corrected chi connectivity index (χ4v) is 3.73. The van der Waals surface area contributed by atoms with Gasteiger partial charge in [0, 0.05) is 39.2 Å². The molecule has 0 aliphatic carbocycles. The Morgan fingerprint density at radius 3 is 2.59 bits per heavy atom. The predicted octanol–water partition coefficient (Wildman–Crippen LogP) is 7.92. The first-order valence-electron chi connectivity index (χ1n) is 15.3. The van der Waals surface area contributed by atoms with E-state index in [1.165, 1.54) is 30.5 Å². The van der Waals surface area contributed by atoms with Crippen molar-refractivity contribution in [3.05, 3.63) is 83.6 Å². The molecule has 0 amide bonds. The highest BCUT2D eigenvalue weighted by atomic mass is 16.3. The summed E-state index contributed by atoms with van der Waals surface area (Å²) in [5, 5.41) is 1.26. The van der Waals surface area contributed by atoms with Crippen LogP contribution in [0.25, 0.3) is 44.5 Å². The molecule has 0 radical (unpaired) electrons. The first-order valence-corrected chi connectivity index (χ1v) is 10.3. The number of rotatable bonds is 3. The molecule has 3 heterocycles. The minimum atomic E-state index is -2.61. The number of para-hydroxylation sites is 1. The Bertz CT molecular complexity index is 1820. The van der Waals surface area contributed by atoms with E-state index in [1.807, 2.05) is 0 Å². The molecule has 3 heteroatoms. The Balaban J connectivity index is 1.74. The van der Waals surface area contributed by atoms with Crippen molar-refractivity contribution >= 4 is 22.1 Å². The van der Waals surface area contributed by atoms with Crippen LogP contribution in [0.4, 0.5) is 0 Å². The van der Waals surface area contributed by atoms with E-state index >= 15 is 0 Å². The van der Waals surface area contributed by atoms with E-state index in [9.17, 15) is 0 Å². The van der Waals surface area contributed by atoms with Gasteiger partial charge in [0.15, 0.2) is 0 Å². The number of aryl methyl sites for hydroxylation is 2. The Morgan fingerprint density at radius 1 is 1.00 bits per heavy atom. The van der Waals surface area contributed by atoms with Gasteiger partial charge < -0.3 is 4.42 Å².